The maximum atomic E-state index is 11.9. The van der Waals surface area contributed by atoms with Crippen LogP contribution in [0.25, 0.3) is 0 Å². The van der Waals surface area contributed by atoms with Crippen molar-refractivity contribution in [2.75, 3.05) is 72.5 Å². The number of benzene rings is 1. The summed E-state index contributed by atoms with van der Waals surface area (Å²) in [5, 5.41) is 19.7. The summed E-state index contributed by atoms with van der Waals surface area (Å²) < 4.78 is 21.1. The van der Waals surface area contributed by atoms with E-state index in [9.17, 15) is 24.0 Å². The molecule has 1 atom stereocenters. The fraction of sp³-hybridized carbons (Fsp3) is 0.593. The highest BCUT2D eigenvalue weighted by Crippen LogP contribution is 2.04. The van der Waals surface area contributed by atoms with Crippen molar-refractivity contribution in [1.29, 1.82) is 0 Å². The van der Waals surface area contributed by atoms with Gasteiger partial charge in [-0.05, 0) is 17.5 Å². The number of carboxylic acids is 1. The van der Waals surface area contributed by atoms with Gasteiger partial charge in [0.05, 0.1) is 46.2 Å². The molecule has 0 spiro atoms. The number of nitrogens with one attached hydrogen (secondary N) is 4. The number of nitrogens with two attached hydrogens (primary N) is 1. The molecule has 0 saturated carbocycles. The van der Waals surface area contributed by atoms with E-state index in [2.05, 4.69) is 21.3 Å². The summed E-state index contributed by atoms with van der Waals surface area (Å²) in [4.78, 5) is 56.1. The van der Waals surface area contributed by atoms with E-state index < -0.39 is 12.0 Å². The Morgan fingerprint density at radius 3 is 1.79 bits per heavy atom. The molecule has 0 aliphatic heterocycles. The minimum atomic E-state index is -1.15. The van der Waals surface area contributed by atoms with Crippen LogP contribution in [0.1, 0.15) is 24.0 Å². The molecule has 3 amide bonds. The quantitative estimate of drug-likeness (QED) is 0.0509. The van der Waals surface area contributed by atoms with Crippen LogP contribution in [-0.2, 0) is 56.0 Å². The third-order valence-corrected chi connectivity index (χ3v) is 5.42. The maximum absolute atomic E-state index is 11.9. The number of carbonyl (C=O) groups excluding carboxylic acids is 4. The molecule has 0 unspecified atom stereocenters. The third kappa shape index (κ3) is 20.4. The number of ether oxygens (including phenoxy) is 4. The van der Waals surface area contributed by atoms with Crippen molar-refractivity contribution in [1.82, 2.24) is 21.3 Å². The Kier molecular flexibility index (Phi) is 21.0. The zero-order chi connectivity index (χ0) is 30.8. The molecule has 0 bridgehead atoms. The summed E-state index contributed by atoms with van der Waals surface area (Å²) in [6.45, 7) is 3.08. The number of hydrogen-bond donors (Lipinski definition) is 6. The van der Waals surface area contributed by atoms with Gasteiger partial charge in [0, 0.05) is 32.6 Å². The van der Waals surface area contributed by atoms with E-state index in [4.69, 9.17) is 29.8 Å². The number of aliphatic carboxylic acids is 1. The van der Waals surface area contributed by atoms with Crippen molar-refractivity contribution >= 4 is 30.0 Å². The molecule has 0 aromatic heterocycles. The van der Waals surface area contributed by atoms with Gasteiger partial charge in [-0.3, -0.25) is 19.2 Å². The van der Waals surface area contributed by atoms with Crippen molar-refractivity contribution in [2.24, 2.45) is 5.73 Å². The molecule has 236 valence electrons. The molecule has 15 heteroatoms. The predicted molar refractivity (Wildman–Crippen MR) is 150 cm³/mol. The van der Waals surface area contributed by atoms with Crippen LogP contribution in [0.2, 0.25) is 0 Å². The van der Waals surface area contributed by atoms with E-state index >= 15 is 0 Å². The second-order valence-electron chi connectivity index (χ2n) is 8.90. The fourth-order valence-corrected chi connectivity index (χ4v) is 3.15. The lowest BCUT2D eigenvalue weighted by molar-refractivity contribution is -0.138. The third-order valence-electron chi connectivity index (χ3n) is 5.42. The SMILES string of the molecule is N[C@@H](CCC(=O)NCCOCCOCC(=O)NCCOCCOCC(=O)NCc1ccc(CNCC=O)cc1)C(=O)O. The highest BCUT2D eigenvalue weighted by molar-refractivity contribution is 5.78. The highest BCUT2D eigenvalue weighted by atomic mass is 16.5. The molecule has 0 aliphatic carbocycles. The number of aldehydes is 1. The van der Waals surface area contributed by atoms with Crippen LogP contribution in [-0.4, -0.2) is 114 Å². The molecule has 0 radical (unpaired) electrons. The standard InChI is InChI=1S/C27H43N5O10/c28-23(27(37)38)5-6-24(34)30-8-11-39-13-15-41-19-25(35)31-9-12-40-14-16-42-20-26(36)32-18-22-3-1-21(2-4-22)17-29-7-10-33/h1-4,10,23,29H,5-9,11-20,28H2,(H,30,34)(H,31,35)(H,32,36)(H,37,38)/t23-/m0/s1. The lowest BCUT2D eigenvalue weighted by atomic mass is 10.1. The average molecular weight is 598 g/mol. The first-order chi connectivity index (χ1) is 20.3. The van der Waals surface area contributed by atoms with E-state index in [0.717, 1.165) is 17.4 Å². The molecule has 1 rings (SSSR count). The Labute approximate surface area is 245 Å². The van der Waals surface area contributed by atoms with Crippen LogP contribution in [0, 0.1) is 0 Å². The fourth-order valence-electron chi connectivity index (χ4n) is 3.15. The normalized spacial score (nSPS) is 11.5. The second-order valence-corrected chi connectivity index (χ2v) is 8.90. The van der Waals surface area contributed by atoms with Crippen LogP contribution >= 0.6 is 0 Å². The van der Waals surface area contributed by atoms with Crippen molar-refractivity contribution in [2.45, 2.75) is 32.0 Å². The van der Waals surface area contributed by atoms with Gasteiger partial charge in [-0.2, -0.15) is 0 Å². The van der Waals surface area contributed by atoms with Gasteiger partial charge in [0.1, 0.15) is 25.5 Å². The van der Waals surface area contributed by atoms with Gasteiger partial charge in [0.25, 0.3) is 0 Å². The number of rotatable bonds is 26. The average Bonchev–Trinajstić information content (AvgIpc) is 2.98. The number of carboxylic acid groups (broad SMARTS) is 1. The van der Waals surface area contributed by atoms with Crippen molar-refractivity contribution < 1.29 is 48.0 Å². The minimum Gasteiger partial charge on any atom is -0.480 e. The van der Waals surface area contributed by atoms with Crippen molar-refractivity contribution in [3.63, 3.8) is 0 Å². The van der Waals surface area contributed by atoms with E-state index in [1.165, 1.54) is 0 Å². The second kappa shape index (κ2) is 24.2. The summed E-state index contributed by atoms with van der Waals surface area (Å²) in [6.07, 6.45) is 0.886. The zero-order valence-corrected chi connectivity index (χ0v) is 23.8. The van der Waals surface area contributed by atoms with Gasteiger partial charge in [-0.25, -0.2) is 0 Å². The lowest BCUT2D eigenvalue weighted by Crippen LogP contribution is -2.33. The van der Waals surface area contributed by atoms with Gasteiger partial charge in [-0.1, -0.05) is 24.3 Å². The molecular weight excluding hydrogens is 554 g/mol. The molecule has 0 fully saturated rings. The summed E-state index contributed by atoms with van der Waals surface area (Å²) in [7, 11) is 0. The van der Waals surface area contributed by atoms with E-state index in [1.807, 2.05) is 24.3 Å². The summed E-state index contributed by atoms with van der Waals surface area (Å²) >= 11 is 0. The molecule has 42 heavy (non-hydrogen) atoms. The first-order valence-electron chi connectivity index (χ1n) is 13.6. The monoisotopic (exact) mass is 597 g/mol. The Balaban J connectivity index is 1.88. The molecule has 1 aromatic carbocycles. The van der Waals surface area contributed by atoms with Gasteiger partial charge in [0.15, 0.2) is 0 Å². The van der Waals surface area contributed by atoms with Crippen LogP contribution in [0.4, 0.5) is 0 Å². The van der Waals surface area contributed by atoms with Gasteiger partial charge >= 0.3 is 5.97 Å². The lowest BCUT2D eigenvalue weighted by Gasteiger charge is -2.09. The van der Waals surface area contributed by atoms with Gasteiger partial charge in [-0.15, -0.1) is 0 Å². The molecule has 0 saturated heterocycles. The van der Waals surface area contributed by atoms with E-state index in [-0.39, 0.29) is 90.0 Å². The number of hydrogen-bond acceptors (Lipinski definition) is 11. The number of carbonyl (C=O) groups is 5. The van der Waals surface area contributed by atoms with Crippen LogP contribution in [0.15, 0.2) is 24.3 Å². The first kappa shape index (κ1) is 36.6. The largest absolute Gasteiger partial charge is 0.480 e. The molecule has 15 nitrogen and oxygen atoms in total. The predicted octanol–water partition coefficient (Wildman–Crippen LogP) is -1.92. The summed E-state index contributed by atoms with van der Waals surface area (Å²) in [5.74, 6) is -2.00. The molecule has 1 aromatic rings. The van der Waals surface area contributed by atoms with Crippen LogP contribution in [0.3, 0.4) is 0 Å². The highest BCUT2D eigenvalue weighted by Gasteiger charge is 2.13. The van der Waals surface area contributed by atoms with E-state index in [0.29, 0.717) is 26.2 Å². The molecule has 7 N–H and O–H groups in total. The minimum absolute atomic E-state index is 0.0195. The molecule has 0 aliphatic rings. The Hall–Kier alpha value is -3.47. The van der Waals surface area contributed by atoms with Crippen LogP contribution < -0.4 is 27.0 Å². The summed E-state index contributed by atoms with van der Waals surface area (Å²) in [6, 6.07) is 6.62. The Morgan fingerprint density at radius 2 is 1.24 bits per heavy atom. The zero-order valence-electron chi connectivity index (χ0n) is 23.8. The number of amides is 3. The van der Waals surface area contributed by atoms with Crippen molar-refractivity contribution in [3.05, 3.63) is 35.4 Å². The topological polar surface area (TPSA) is 217 Å². The van der Waals surface area contributed by atoms with E-state index in [1.54, 1.807) is 0 Å². The van der Waals surface area contributed by atoms with Gasteiger partial charge in [0.2, 0.25) is 17.7 Å². The van der Waals surface area contributed by atoms with Crippen molar-refractivity contribution in [3.8, 4) is 0 Å². The van der Waals surface area contributed by atoms with Crippen LogP contribution in [0.5, 0.6) is 0 Å². The Morgan fingerprint density at radius 1 is 0.738 bits per heavy atom. The van der Waals surface area contributed by atoms with Gasteiger partial charge < -0.3 is 55.8 Å². The molecule has 0 heterocycles. The maximum Gasteiger partial charge on any atom is 0.320 e. The first-order valence-corrected chi connectivity index (χ1v) is 13.6. The summed E-state index contributed by atoms with van der Waals surface area (Å²) in [5.41, 5.74) is 7.33. The Bertz CT molecular complexity index is 932. The smallest absolute Gasteiger partial charge is 0.320 e. The molecular formula is C27H43N5O10.